The Hall–Kier alpha value is -3.08. The van der Waals surface area contributed by atoms with Crippen molar-refractivity contribution in [1.82, 2.24) is 4.90 Å². The van der Waals surface area contributed by atoms with Crippen molar-refractivity contribution in [1.29, 1.82) is 0 Å². The van der Waals surface area contributed by atoms with Crippen LogP contribution in [0.4, 0.5) is 5.69 Å². The highest BCUT2D eigenvalue weighted by atomic mass is 16.5. The summed E-state index contributed by atoms with van der Waals surface area (Å²) in [6.45, 7) is 0.740. The number of ether oxygens (including phenoxy) is 1. The van der Waals surface area contributed by atoms with E-state index in [1.54, 1.807) is 12.0 Å². The summed E-state index contributed by atoms with van der Waals surface area (Å²) < 4.78 is 5.31. The molecule has 5 rings (SSSR count). The number of carbonyl (C=O) groups is 2. The summed E-state index contributed by atoms with van der Waals surface area (Å²) >= 11 is 0. The molecule has 3 aliphatic rings. The topological polar surface area (TPSA) is 49.9 Å². The number of rotatable bonds is 4. The van der Waals surface area contributed by atoms with Crippen LogP contribution in [-0.4, -0.2) is 36.4 Å². The first kappa shape index (κ1) is 20.8. The third-order valence-corrected chi connectivity index (χ3v) is 7.04. The third kappa shape index (κ3) is 3.60. The van der Waals surface area contributed by atoms with Crippen LogP contribution in [-0.2, 0) is 16.0 Å². The number of amides is 2. The Labute approximate surface area is 189 Å². The maximum atomic E-state index is 13.9. The summed E-state index contributed by atoms with van der Waals surface area (Å²) in [4.78, 5) is 31.4. The lowest BCUT2D eigenvalue weighted by molar-refractivity contribution is -0.139. The number of hydrogen-bond acceptors (Lipinski definition) is 4. The van der Waals surface area contributed by atoms with Crippen LogP contribution in [0.2, 0.25) is 0 Å². The van der Waals surface area contributed by atoms with Crippen molar-refractivity contribution in [2.24, 2.45) is 0 Å². The fourth-order valence-electron chi connectivity index (χ4n) is 5.42. The molecule has 1 fully saturated rings. The molecule has 0 radical (unpaired) electrons. The number of anilines is 1. The van der Waals surface area contributed by atoms with E-state index in [1.165, 1.54) is 18.4 Å². The Kier molecular flexibility index (Phi) is 5.73. The van der Waals surface area contributed by atoms with Gasteiger partial charge < -0.3 is 9.64 Å². The maximum absolute atomic E-state index is 13.9. The molecule has 0 saturated heterocycles. The van der Waals surface area contributed by atoms with Crippen LogP contribution in [0.3, 0.4) is 0 Å². The number of fused-ring (bicyclic) bond motifs is 1. The van der Waals surface area contributed by atoms with Gasteiger partial charge in [-0.2, -0.15) is 0 Å². The molecule has 166 valence electrons. The van der Waals surface area contributed by atoms with Gasteiger partial charge in [0.05, 0.1) is 12.7 Å². The number of hydrogen-bond donors (Lipinski definition) is 0. The highest BCUT2D eigenvalue weighted by Gasteiger charge is 2.45. The average Bonchev–Trinajstić information content (AvgIpc) is 2.99. The van der Waals surface area contributed by atoms with Crippen molar-refractivity contribution in [3.63, 3.8) is 0 Å². The van der Waals surface area contributed by atoms with Gasteiger partial charge in [-0.1, -0.05) is 56.0 Å². The molecular weight excluding hydrogens is 400 g/mol. The zero-order valence-electron chi connectivity index (χ0n) is 18.7. The van der Waals surface area contributed by atoms with Crippen LogP contribution in [0.1, 0.15) is 56.1 Å². The van der Waals surface area contributed by atoms with E-state index < -0.39 is 0 Å². The van der Waals surface area contributed by atoms with Gasteiger partial charge in [0.2, 0.25) is 0 Å². The fraction of sp³-hybridized carbons (Fsp3) is 0.407. The molecule has 0 atom stereocenters. The molecule has 2 aliphatic heterocycles. The number of para-hydroxylation sites is 1. The van der Waals surface area contributed by atoms with Gasteiger partial charge in [0.15, 0.2) is 0 Å². The van der Waals surface area contributed by atoms with E-state index in [9.17, 15) is 9.59 Å². The molecular formula is C27H30N2O3. The highest BCUT2D eigenvalue weighted by molar-refractivity contribution is 6.37. The van der Waals surface area contributed by atoms with E-state index in [2.05, 4.69) is 17.0 Å². The Morgan fingerprint density at radius 2 is 1.56 bits per heavy atom. The Bertz CT molecular complexity index is 1050. The SMILES string of the molecule is COc1ccc(C2=C(N3CCCc4ccccc43)C(=O)N(C3CCCCCC3)C2=O)cc1. The van der Waals surface area contributed by atoms with Gasteiger partial charge in [-0.05, 0) is 55.0 Å². The van der Waals surface area contributed by atoms with Crippen LogP contribution < -0.4 is 9.64 Å². The standard InChI is InChI=1S/C27H30N2O3/c1-32-22-16-14-20(15-17-22)24-25(28-18-8-10-19-9-6-7-13-23(19)28)27(31)29(26(24)30)21-11-4-2-3-5-12-21/h6-7,9,13-17,21H,2-5,8,10-12,18H2,1H3. The number of imide groups is 1. The van der Waals surface area contributed by atoms with Crippen LogP contribution in [0, 0.1) is 0 Å². The summed E-state index contributed by atoms with van der Waals surface area (Å²) in [5.41, 5.74) is 4.12. The molecule has 5 heteroatoms. The Morgan fingerprint density at radius 1 is 0.844 bits per heavy atom. The van der Waals surface area contributed by atoms with Gasteiger partial charge in [0.1, 0.15) is 11.4 Å². The Balaban J connectivity index is 1.62. The molecule has 2 aromatic carbocycles. The molecule has 2 heterocycles. The zero-order chi connectivity index (χ0) is 22.1. The predicted molar refractivity (Wildman–Crippen MR) is 125 cm³/mol. The summed E-state index contributed by atoms with van der Waals surface area (Å²) in [7, 11) is 1.63. The van der Waals surface area contributed by atoms with E-state index in [0.717, 1.165) is 62.1 Å². The first-order valence-electron chi connectivity index (χ1n) is 11.8. The van der Waals surface area contributed by atoms with Gasteiger partial charge in [0.25, 0.3) is 11.8 Å². The second-order valence-corrected chi connectivity index (χ2v) is 8.96. The van der Waals surface area contributed by atoms with Crippen molar-refractivity contribution in [3.8, 4) is 5.75 Å². The maximum Gasteiger partial charge on any atom is 0.278 e. The third-order valence-electron chi connectivity index (χ3n) is 7.04. The predicted octanol–water partition coefficient (Wildman–Crippen LogP) is 4.95. The molecule has 0 unspecified atom stereocenters. The van der Waals surface area contributed by atoms with Crippen LogP contribution in [0.15, 0.2) is 54.2 Å². The van der Waals surface area contributed by atoms with Gasteiger partial charge in [-0.25, -0.2) is 0 Å². The molecule has 2 aromatic rings. The van der Waals surface area contributed by atoms with Crippen molar-refractivity contribution >= 4 is 23.1 Å². The molecule has 1 aliphatic carbocycles. The highest BCUT2D eigenvalue weighted by Crippen LogP contribution is 2.40. The monoisotopic (exact) mass is 430 g/mol. The summed E-state index contributed by atoms with van der Waals surface area (Å²) in [5, 5.41) is 0. The second kappa shape index (κ2) is 8.81. The molecule has 0 bridgehead atoms. The van der Waals surface area contributed by atoms with Gasteiger partial charge in [-0.3, -0.25) is 14.5 Å². The lowest BCUT2D eigenvalue weighted by atomic mass is 9.98. The van der Waals surface area contributed by atoms with Crippen molar-refractivity contribution in [2.45, 2.75) is 57.4 Å². The van der Waals surface area contributed by atoms with E-state index >= 15 is 0 Å². The molecule has 0 aromatic heterocycles. The molecule has 32 heavy (non-hydrogen) atoms. The number of carbonyl (C=O) groups excluding carboxylic acids is 2. The lowest BCUT2D eigenvalue weighted by Crippen LogP contribution is -2.43. The molecule has 5 nitrogen and oxygen atoms in total. The van der Waals surface area contributed by atoms with Crippen molar-refractivity contribution in [2.75, 3.05) is 18.6 Å². The summed E-state index contributed by atoms with van der Waals surface area (Å²) in [6.07, 6.45) is 8.25. The zero-order valence-corrected chi connectivity index (χ0v) is 18.7. The van der Waals surface area contributed by atoms with E-state index in [4.69, 9.17) is 4.74 Å². The molecule has 2 amide bonds. The van der Waals surface area contributed by atoms with Crippen LogP contribution in [0.5, 0.6) is 5.75 Å². The average molecular weight is 431 g/mol. The number of benzene rings is 2. The fourth-order valence-corrected chi connectivity index (χ4v) is 5.42. The number of aryl methyl sites for hydroxylation is 1. The van der Waals surface area contributed by atoms with Gasteiger partial charge in [-0.15, -0.1) is 0 Å². The normalized spacial score (nSPS) is 19.9. The lowest BCUT2D eigenvalue weighted by Gasteiger charge is -2.33. The Morgan fingerprint density at radius 3 is 2.28 bits per heavy atom. The minimum atomic E-state index is -0.148. The largest absolute Gasteiger partial charge is 0.497 e. The van der Waals surface area contributed by atoms with E-state index in [-0.39, 0.29) is 17.9 Å². The minimum absolute atomic E-state index is 0.0108. The smallest absolute Gasteiger partial charge is 0.278 e. The van der Waals surface area contributed by atoms with Gasteiger partial charge in [0, 0.05) is 18.3 Å². The number of nitrogens with zero attached hydrogens (tertiary/aromatic N) is 2. The second-order valence-electron chi connectivity index (χ2n) is 8.96. The van der Waals surface area contributed by atoms with Gasteiger partial charge >= 0.3 is 0 Å². The van der Waals surface area contributed by atoms with Crippen molar-refractivity contribution in [3.05, 3.63) is 65.4 Å². The van der Waals surface area contributed by atoms with Crippen LogP contribution >= 0.6 is 0 Å². The molecule has 1 saturated carbocycles. The summed E-state index contributed by atoms with van der Waals surface area (Å²) in [5.74, 6) is 0.450. The number of methoxy groups -OCH3 is 1. The van der Waals surface area contributed by atoms with Crippen LogP contribution in [0.25, 0.3) is 5.57 Å². The first-order chi connectivity index (χ1) is 15.7. The minimum Gasteiger partial charge on any atom is -0.497 e. The van der Waals surface area contributed by atoms with E-state index in [0.29, 0.717) is 11.3 Å². The summed E-state index contributed by atoms with van der Waals surface area (Å²) in [6, 6.07) is 15.7. The van der Waals surface area contributed by atoms with E-state index in [1.807, 2.05) is 36.4 Å². The molecule has 0 N–H and O–H groups in total. The molecule has 0 spiro atoms. The van der Waals surface area contributed by atoms with Crippen molar-refractivity contribution < 1.29 is 14.3 Å². The quantitative estimate of drug-likeness (QED) is 0.509. The first-order valence-corrected chi connectivity index (χ1v) is 11.8.